The van der Waals surface area contributed by atoms with Gasteiger partial charge in [-0.3, -0.25) is 4.79 Å². The summed E-state index contributed by atoms with van der Waals surface area (Å²) in [6.45, 7) is 3.68. The lowest BCUT2D eigenvalue weighted by Gasteiger charge is -2.13. The summed E-state index contributed by atoms with van der Waals surface area (Å²) in [5, 5.41) is 0. The van der Waals surface area contributed by atoms with Crippen LogP contribution < -0.4 is 15.2 Å². The monoisotopic (exact) mass is 249 g/mol. The number of ether oxygens (including phenoxy) is 2. The van der Waals surface area contributed by atoms with Crippen LogP contribution in [0.1, 0.15) is 35.7 Å². The van der Waals surface area contributed by atoms with Crippen molar-refractivity contribution in [3.05, 3.63) is 23.3 Å². The van der Waals surface area contributed by atoms with Gasteiger partial charge in [-0.15, -0.1) is 0 Å². The largest absolute Gasteiger partial charge is 0.490 e. The molecule has 0 saturated heterocycles. The van der Waals surface area contributed by atoms with Gasteiger partial charge < -0.3 is 15.2 Å². The number of nitrogens with two attached hydrogens (primary N) is 1. The van der Waals surface area contributed by atoms with E-state index in [1.807, 2.05) is 13.0 Å². The van der Waals surface area contributed by atoms with Gasteiger partial charge in [-0.2, -0.15) is 0 Å². The minimum absolute atomic E-state index is 0.0741. The molecule has 0 amide bonds. The molecule has 0 aromatic heterocycles. The van der Waals surface area contributed by atoms with Crippen molar-refractivity contribution in [2.24, 2.45) is 5.73 Å². The van der Waals surface area contributed by atoms with E-state index in [1.54, 1.807) is 6.07 Å². The Morgan fingerprint density at radius 3 is 2.56 bits per heavy atom. The van der Waals surface area contributed by atoms with Crippen LogP contribution in [0.4, 0.5) is 0 Å². The van der Waals surface area contributed by atoms with Gasteiger partial charge in [0, 0.05) is 18.4 Å². The summed E-state index contributed by atoms with van der Waals surface area (Å²) in [5.74, 6) is 1.49. The molecule has 18 heavy (non-hydrogen) atoms. The minimum atomic E-state index is 0.0741. The number of aryl methyl sites for hydroxylation is 1. The third-order valence-corrected chi connectivity index (χ3v) is 3.03. The fourth-order valence-electron chi connectivity index (χ4n) is 2.07. The van der Waals surface area contributed by atoms with E-state index in [9.17, 15) is 4.79 Å². The van der Waals surface area contributed by atoms with Crippen molar-refractivity contribution in [3.63, 3.8) is 0 Å². The fourth-order valence-corrected chi connectivity index (χ4v) is 2.07. The molecule has 4 nitrogen and oxygen atoms in total. The van der Waals surface area contributed by atoms with Gasteiger partial charge in [-0.25, -0.2) is 0 Å². The first-order valence-electron chi connectivity index (χ1n) is 6.42. The molecule has 0 unspecified atom stereocenters. The van der Waals surface area contributed by atoms with Gasteiger partial charge in [0.2, 0.25) is 0 Å². The zero-order valence-electron chi connectivity index (χ0n) is 10.7. The number of benzene rings is 1. The molecule has 0 fully saturated rings. The first-order valence-corrected chi connectivity index (χ1v) is 6.42. The molecule has 1 aliphatic heterocycles. The van der Waals surface area contributed by atoms with Crippen molar-refractivity contribution >= 4 is 5.78 Å². The van der Waals surface area contributed by atoms with Crippen molar-refractivity contribution in [1.29, 1.82) is 0 Å². The van der Waals surface area contributed by atoms with Gasteiger partial charge in [0.25, 0.3) is 0 Å². The highest BCUT2D eigenvalue weighted by Gasteiger charge is 2.17. The van der Waals surface area contributed by atoms with E-state index < -0.39 is 0 Å². The second-order valence-corrected chi connectivity index (χ2v) is 4.32. The van der Waals surface area contributed by atoms with Crippen LogP contribution in [-0.4, -0.2) is 25.5 Å². The molecule has 0 radical (unpaired) electrons. The summed E-state index contributed by atoms with van der Waals surface area (Å²) < 4.78 is 11.2. The summed E-state index contributed by atoms with van der Waals surface area (Å²) in [6, 6.07) is 3.72. The Balaban J connectivity index is 2.39. The van der Waals surface area contributed by atoms with Gasteiger partial charge in [0.15, 0.2) is 17.3 Å². The van der Waals surface area contributed by atoms with Crippen LogP contribution in [0.2, 0.25) is 0 Å². The smallest absolute Gasteiger partial charge is 0.164 e. The summed E-state index contributed by atoms with van der Waals surface area (Å²) >= 11 is 0. The molecule has 2 rings (SSSR count). The van der Waals surface area contributed by atoms with Crippen LogP contribution in [0.15, 0.2) is 12.1 Å². The Morgan fingerprint density at radius 1 is 1.28 bits per heavy atom. The molecule has 0 atom stereocenters. The van der Waals surface area contributed by atoms with Crippen LogP contribution in [-0.2, 0) is 6.42 Å². The first-order chi connectivity index (χ1) is 8.76. The molecular formula is C14H19NO3. The number of carbonyl (C=O) groups excluding carboxylic acids is 1. The van der Waals surface area contributed by atoms with Gasteiger partial charge >= 0.3 is 0 Å². The number of carbonyl (C=O) groups is 1. The normalized spacial score (nSPS) is 14.1. The van der Waals surface area contributed by atoms with Gasteiger partial charge in [0.05, 0.1) is 13.2 Å². The zero-order valence-corrected chi connectivity index (χ0v) is 10.7. The number of hydrogen-bond acceptors (Lipinski definition) is 4. The highest BCUT2D eigenvalue weighted by atomic mass is 16.5. The van der Waals surface area contributed by atoms with E-state index >= 15 is 0 Å². The molecule has 1 aromatic carbocycles. The summed E-state index contributed by atoms with van der Waals surface area (Å²) in [6.07, 6.45) is 2.02. The van der Waals surface area contributed by atoms with Gasteiger partial charge in [-0.1, -0.05) is 6.92 Å². The van der Waals surface area contributed by atoms with Crippen molar-refractivity contribution in [2.45, 2.75) is 26.2 Å². The third kappa shape index (κ3) is 2.64. The van der Waals surface area contributed by atoms with E-state index in [4.69, 9.17) is 15.2 Å². The summed E-state index contributed by atoms with van der Waals surface area (Å²) in [7, 11) is 0. The lowest BCUT2D eigenvalue weighted by atomic mass is 9.99. The second-order valence-electron chi connectivity index (χ2n) is 4.32. The average Bonchev–Trinajstić information content (AvgIpc) is 2.61. The quantitative estimate of drug-likeness (QED) is 0.828. The van der Waals surface area contributed by atoms with Crippen LogP contribution in [0.3, 0.4) is 0 Å². The van der Waals surface area contributed by atoms with E-state index in [-0.39, 0.29) is 5.78 Å². The lowest BCUT2D eigenvalue weighted by molar-refractivity contribution is 0.0984. The molecule has 98 valence electrons. The predicted molar refractivity (Wildman–Crippen MR) is 69.4 cm³/mol. The van der Waals surface area contributed by atoms with Crippen molar-refractivity contribution in [3.8, 4) is 11.5 Å². The molecule has 1 heterocycles. The second kappa shape index (κ2) is 5.87. The predicted octanol–water partition coefficient (Wildman–Crippen LogP) is 1.94. The standard InChI is InChI=1S/C14H19NO3/c1-2-10-8-13-14(18-7-3-6-17-13)9-11(10)12(16)4-5-15/h8-9H,2-7,15H2,1H3. The minimum Gasteiger partial charge on any atom is -0.490 e. The van der Waals surface area contributed by atoms with Gasteiger partial charge in [0.1, 0.15) is 0 Å². The molecule has 1 aliphatic rings. The molecule has 0 bridgehead atoms. The lowest BCUT2D eigenvalue weighted by Crippen LogP contribution is -2.10. The van der Waals surface area contributed by atoms with Crippen LogP contribution in [0.5, 0.6) is 11.5 Å². The maximum absolute atomic E-state index is 12.0. The number of Topliss-reactive ketones (excluding diaryl/α,β-unsaturated/α-hetero) is 1. The first kappa shape index (κ1) is 12.9. The number of rotatable bonds is 4. The molecule has 4 heteroatoms. The maximum Gasteiger partial charge on any atom is 0.164 e. The van der Waals surface area contributed by atoms with E-state index in [1.165, 1.54) is 0 Å². The van der Waals surface area contributed by atoms with Crippen molar-refractivity contribution < 1.29 is 14.3 Å². The molecule has 0 aliphatic carbocycles. The van der Waals surface area contributed by atoms with E-state index in [0.717, 1.165) is 24.2 Å². The highest BCUT2D eigenvalue weighted by molar-refractivity contribution is 5.98. The Labute approximate surface area is 107 Å². The molecule has 2 N–H and O–H groups in total. The zero-order chi connectivity index (χ0) is 13.0. The van der Waals surface area contributed by atoms with Gasteiger partial charge in [-0.05, 0) is 30.7 Å². The number of hydrogen-bond donors (Lipinski definition) is 1. The van der Waals surface area contributed by atoms with Crippen molar-refractivity contribution in [1.82, 2.24) is 0 Å². The number of ketones is 1. The Hall–Kier alpha value is -1.55. The molecule has 0 spiro atoms. The number of fused-ring (bicyclic) bond motifs is 1. The summed E-state index contributed by atoms with van der Waals surface area (Å²) in [4.78, 5) is 12.0. The summed E-state index contributed by atoms with van der Waals surface area (Å²) in [5.41, 5.74) is 7.16. The van der Waals surface area contributed by atoms with Crippen LogP contribution in [0.25, 0.3) is 0 Å². The SMILES string of the molecule is CCc1cc2c(cc1C(=O)CCN)OCCCO2. The van der Waals surface area contributed by atoms with E-state index in [2.05, 4.69) is 0 Å². The Kier molecular flexibility index (Phi) is 4.20. The molecule has 1 aromatic rings. The fraction of sp³-hybridized carbons (Fsp3) is 0.500. The van der Waals surface area contributed by atoms with Crippen molar-refractivity contribution in [2.75, 3.05) is 19.8 Å². The molecule has 0 saturated carbocycles. The Morgan fingerprint density at radius 2 is 1.94 bits per heavy atom. The molecular weight excluding hydrogens is 230 g/mol. The average molecular weight is 249 g/mol. The maximum atomic E-state index is 12.0. The van der Waals surface area contributed by atoms with E-state index in [0.29, 0.717) is 37.5 Å². The highest BCUT2D eigenvalue weighted by Crippen LogP contribution is 2.33. The van der Waals surface area contributed by atoms with Crippen LogP contribution in [0, 0.1) is 0 Å². The van der Waals surface area contributed by atoms with Crippen LogP contribution >= 0.6 is 0 Å². The topological polar surface area (TPSA) is 61.6 Å². The Bertz CT molecular complexity index is 443. The third-order valence-electron chi connectivity index (χ3n) is 3.03.